The third-order valence-corrected chi connectivity index (χ3v) is 4.53. The van der Waals surface area contributed by atoms with Crippen molar-refractivity contribution in [2.75, 3.05) is 33.2 Å². The Labute approximate surface area is 135 Å². The predicted molar refractivity (Wildman–Crippen MR) is 94.1 cm³/mol. The van der Waals surface area contributed by atoms with Crippen LogP contribution >= 0.6 is 0 Å². The van der Waals surface area contributed by atoms with Gasteiger partial charge in [-0.3, -0.25) is 4.99 Å². The second kappa shape index (κ2) is 9.46. The Morgan fingerprint density at radius 2 is 1.91 bits per heavy atom. The molecule has 0 bridgehead atoms. The van der Waals surface area contributed by atoms with Gasteiger partial charge in [0.2, 0.25) is 0 Å². The van der Waals surface area contributed by atoms with Crippen LogP contribution in [0.2, 0.25) is 0 Å². The topological polar surface area (TPSA) is 39.7 Å². The molecule has 0 unspecified atom stereocenters. The minimum Gasteiger partial charge on any atom is -0.356 e. The molecule has 0 saturated carbocycles. The molecule has 0 amide bonds. The van der Waals surface area contributed by atoms with Crippen LogP contribution in [0.4, 0.5) is 0 Å². The lowest BCUT2D eigenvalue weighted by atomic mass is 9.93. The van der Waals surface area contributed by atoms with Crippen molar-refractivity contribution in [2.24, 2.45) is 10.9 Å². The van der Waals surface area contributed by atoms with E-state index in [0.717, 1.165) is 25.0 Å². The molecular formula is C18H30N4. The Hall–Kier alpha value is -1.55. The summed E-state index contributed by atoms with van der Waals surface area (Å²) in [4.78, 5) is 6.84. The molecule has 1 aliphatic rings. The van der Waals surface area contributed by atoms with Crippen LogP contribution in [0.25, 0.3) is 0 Å². The van der Waals surface area contributed by atoms with E-state index in [2.05, 4.69) is 51.7 Å². The fourth-order valence-corrected chi connectivity index (χ4v) is 2.99. The van der Waals surface area contributed by atoms with Gasteiger partial charge in [-0.2, -0.15) is 0 Å². The summed E-state index contributed by atoms with van der Waals surface area (Å²) in [5, 5.41) is 6.81. The van der Waals surface area contributed by atoms with E-state index >= 15 is 0 Å². The van der Waals surface area contributed by atoms with Crippen molar-refractivity contribution in [3.05, 3.63) is 35.9 Å². The molecule has 2 rings (SSSR count). The molecule has 0 radical (unpaired) electrons. The van der Waals surface area contributed by atoms with Gasteiger partial charge in [0, 0.05) is 20.1 Å². The van der Waals surface area contributed by atoms with Gasteiger partial charge in [-0.05, 0) is 50.4 Å². The fourth-order valence-electron chi connectivity index (χ4n) is 2.99. The first-order valence-electron chi connectivity index (χ1n) is 8.52. The SMILES string of the molecule is CCN1CCC(CCNC(=NC)NCc2ccccc2)CC1. The van der Waals surface area contributed by atoms with E-state index in [0.29, 0.717) is 0 Å². The lowest BCUT2D eigenvalue weighted by Gasteiger charge is -2.31. The van der Waals surface area contributed by atoms with Crippen molar-refractivity contribution < 1.29 is 0 Å². The maximum atomic E-state index is 4.30. The largest absolute Gasteiger partial charge is 0.356 e. The van der Waals surface area contributed by atoms with E-state index in [-0.39, 0.29) is 0 Å². The Bertz CT molecular complexity index is 436. The van der Waals surface area contributed by atoms with E-state index in [4.69, 9.17) is 0 Å². The zero-order chi connectivity index (χ0) is 15.6. The summed E-state index contributed by atoms with van der Waals surface area (Å²) >= 11 is 0. The molecule has 1 aromatic rings. The highest BCUT2D eigenvalue weighted by atomic mass is 15.2. The zero-order valence-corrected chi connectivity index (χ0v) is 14.0. The molecule has 1 fully saturated rings. The second-order valence-electron chi connectivity index (χ2n) is 6.00. The third kappa shape index (κ3) is 5.68. The minimum atomic E-state index is 0.815. The molecule has 4 nitrogen and oxygen atoms in total. The normalized spacial score (nSPS) is 17.5. The summed E-state index contributed by atoms with van der Waals surface area (Å²) in [5.41, 5.74) is 1.28. The van der Waals surface area contributed by atoms with Gasteiger partial charge >= 0.3 is 0 Å². The molecule has 1 heterocycles. The van der Waals surface area contributed by atoms with E-state index < -0.39 is 0 Å². The van der Waals surface area contributed by atoms with Crippen molar-refractivity contribution >= 4 is 5.96 Å². The number of benzene rings is 1. The van der Waals surface area contributed by atoms with E-state index in [1.807, 2.05) is 13.1 Å². The number of guanidine groups is 1. The molecule has 0 atom stereocenters. The summed E-state index contributed by atoms with van der Waals surface area (Å²) < 4.78 is 0. The number of hydrogen-bond acceptors (Lipinski definition) is 2. The van der Waals surface area contributed by atoms with Crippen molar-refractivity contribution in [1.82, 2.24) is 15.5 Å². The molecule has 22 heavy (non-hydrogen) atoms. The lowest BCUT2D eigenvalue weighted by Crippen LogP contribution is -2.39. The number of aliphatic imine (C=N–C) groups is 1. The van der Waals surface area contributed by atoms with E-state index in [9.17, 15) is 0 Å². The standard InChI is InChI=1S/C18H30N4/c1-3-22-13-10-16(11-14-22)9-12-20-18(19-2)21-15-17-7-5-4-6-8-17/h4-8,16H,3,9-15H2,1-2H3,(H2,19,20,21). The van der Waals surface area contributed by atoms with Crippen LogP contribution in [-0.2, 0) is 6.54 Å². The number of nitrogens with zero attached hydrogens (tertiary/aromatic N) is 2. The molecule has 2 N–H and O–H groups in total. The molecule has 0 spiro atoms. The van der Waals surface area contributed by atoms with Gasteiger partial charge in [-0.25, -0.2) is 0 Å². The van der Waals surface area contributed by atoms with Crippen LogP contribution in [0.3, 0.4) is 0 Å². The van der Waals surface area contributed by atoms with Gasteiger partial charge in [0.05, 0.1) is 0 Å². The number of nitrogens with one attached hydrogen (secondary N) is 2. The highest BCUT2D eigenvalue weighted by Gasteiger charge is 2.17. The molecule has 1 saturated heterocycles. The first-order valence-corrected chi connectivity index (χ1v) is 8.52. The highest BCUT2D eigenvalue weighted by molar-refractivity contribution is 5.79. The maximum absolute atomic E-state index is 4.30. The number of piperidine rings is 1. The lowest BCUT2D eigenvalue weighted by molar-refractivity contribution is 0.187. The smallest absolute Gasteiger partial charge is 0.191 e. The molecular weight excluding hydrogens is 272 g/mol. The summed E-state index contributed by atoms with van der Waals surface area (Å²) in [6.45, 7) is 7.80. The Kier molecular flexibility index (Phi) is 7.23. The molecule has 1 aromatic carbocycles. The average molecular weight is 302 g/mol. The number of hydrogen-bond donors (Lipinski definition) is 2. The van der Waals surface area contributed by atoms with Crippen LogP contribution in [0, 0.1) is 5.92 Å². The summed E-state index contributed by atoms with van der Waals surface area (Å²) in [7, 11) is 1.83. The van der Waals surface area contributed by atoms with Gasteiger partial charge in [-0.15, -0.1) is 0 Å². The fraction of sp³-hybridized carbons (Fsp3) is 0.611. The molecule has 0 aromatic heterocycles. The van der Waals surface area contributed by atoms with Crippen molar-refractivity contribution in [2.45, 2.75) is 32.7 Å². The van der Waals surface area contributed by atoms with E-state index in [1.54, 1.807) is 0 Å². The summed E-state index contributed by atoms with van der Waals surface area (Å²) in [6.07, 6.45) is 3.92. The maximum Gasteiger partial charge on any atom is 0.191 e. The molecule has 0 aliphatic carbocycles. The molecule has 122 valence electrons. The Morgan fingerprint density at radius 3 is 2.55 bits per heavy atom. The zero-order valence-electron chi connectivity index (χ0n) is 14.0. The van der Waals surface area contributed by atoms with Crippen molar-refractivity contribution in [1.29, 1.82) is 0 Å². The summed E-state index contributed by atoms with van der Waals surface area (Å²) in [6, 6.07) is 10.4. The van der Waals surface area contributed by atoms with Gasteiger partial charge < -0.3 is 15.5 Å². The minimum absolute atomic E-state index is 0.815. The van der Waals surface area contributed by atoms with E-state index in [1.165, 1.54) is 44.5 Å². The molecule has 4 heteroatoms. The number of likely N-dealkylation sites (tertiary alicyclic amines) is 1. The highest BCUT2D eigenvalue weighted by Crippen LogP contribution is 2.19. The van der Waals surface area contributed by atoms with Gasteiger partial charge in [0.1, 0.15) is 0 Å². The average Bonchev–Trinajstić information content (AvgIpc) is 2.59. The quantitative estimate of drug-likeness (QED) is 0.626. The van der Waals surface area contributed by atoms with Crippen LogP contribution in [0.15, 0.2) is 35.3 Å². The van der Waals surface area contributed by atoms with Crippen LogP contribution in [0.5, 0.6) is 0 Å². The predicted octanol–water partition coefficient (Wildman–Crippen LogP) is 2.47. The van der Waals surface area contributed by atoms with Crippen molar-refractivity contribution in [3.63, 3.8) is 0 Å². The first kappa shape index (κ1) is 16.8. The van der Waals surface area contributed by atoms with Gasteiger partial charge in [0.25, 0.3) is 0 Å². The van der Waals surface area contributed by atoms with Crippen molar-refractivity contribution in [3.8, 4) is 0 Å². The van der Waals surface area contributed by atoms with Gasteiger partial charge in [0.15, 0.2) is 5.96 Å². The Balaban J connectivity index is 1.62. The number of rotatable bonds is 6. The summed E-state index contributed by atoms with van der Waals surface area (Å²) in [5.74, 6) is 1.76. The van der Waals surface area contributed by atoms with Crippen LogP contribution in [0.1, 0.15) is 31.7 Å². The van der Waals surface area contributed by atoms with Crippen LogP contribution < -0.4 is 10.6 Å². The monoisotopic (exact) mass is 302 g/mol. The van der Waals surface area contributed by atoms with Gasteiger partial charge in [-0.1, -0.05) is 37.3 Å². The van der Waals surface area contributed by atoms with Crippen LogP contribution in [-0.4, -0.2) is 44.1 Å². The third-order valence-electron chi connectivity index (χ3n) is 4.53. The molecule has 1 aliphatic heterocycles. The second-order valence-corrected chi connectivity index (χ2v) is 6.00. The Morgan fingerprint density at radius 1 is 1.18 bits per heavy atom. The first-order chi connectivity index (χ1) is 10.8.